The summed E-state index contributed by atoms with van der Waals surface area (Å²) in [5, 5.41) is 10.6. The fraction of sp³-hybridized carbons (Fsp3) is 0.0526. The lowest BCUT2D eigenvalue weighted by Gasteiger charge is -2.00. The number of rotatable bonds is 5. The van der Waals surface area contributed by atoms with E-state index in [2.05, 4.69) is 11.6 Å². The average molecular weight is 383 g/mol. The highest BCUT2D eigenvalue weighted by Crippen LogP contribution is 2.19. The van der Waals surface area contributed by atoms with Crippen molar-refractivity contribution in [3.05, 3.63) is 87.5 Å². The van der Waals surface area contributed by atoms with E-state index in [9.17, 15) is 19.3 Å². The Bertz CT molecular complexity index is 1130. The number of carbonyl (C=O) groups excluding carboxylic acids is 1. The Morgan fingerprint density at radius 1 is 1.30 bits per heavy atom. The van der Waals surface area contributed by atoms with Crippen molar-refractivity contribution in [2.75, 3.05) is 0 Å². The van der Waals surface area contributed by atoms with Crippen LogP contribution < -0.4 is 4.80 Å². The number of fused-ring (bicyclic) bond motifs is 1. The summed E-state index contributed by atoms with van der Waals surface area (Å²) in [6.07, 6.45) is 4.48. The lowest BCUT2D eigenvalue weighted by atomic mass is 10.2. The Morgan fingerprint density at radius 2 is 2.04 bits per heavy atom. The van der Waals surface area contributed by atoms with Crippen LogP contribution in [0.2, 0.25) is 0 Å². The molecule has 8 heteroatoms. The summed E-state index contributed by atoms with van der Waals surface area (Å²) in [5.74, 6) is -0.844. The summed E-state index contributed by atoms with van der Waals surface area (Å²) in [5.41, 5.74) is 1.39. The first-order valence-corrected chi connectivity index (χ1v) is 8.70. The molecule has 0 spiro atoms. The van der Waals surface area contributed by atoms with Crippen molar-refractivity contribution in [2.45, 2.75) is 6.54 Å². The minimum atomic E-state index is -0.489. The third-order valence-electron chi connectivity index (χ3n) is 3.68. The maximum Gasteiger partial charge on any atom is 0.272 e. The summed E-state index contributed by atoms with van der Waals surface area (Å²) in [7, 11) is 0. The van der Waals surface area contributed by atoms with Gasteiger partial charge in [0.2, 0.25) is 0 Å². The van der Waals surface area contributed by atoms with E-state index in [1.165, 1.54) is 47.8 Å². The van der Waals surface area contributed by atoms with Crippen LogP contribution in [0, 0.1) is 15.9 Å². The second-order valence-corrected chi connectivity index (χ2v) is 6.54. The van der Waals surface area contributed by atoms with E-state index in [1.54, 1.807) is 28.8 Å². The lowest BCUT2D eigenvalue weighted by molar-refractivity contribution is -0.384. The highest BCUT2D eigenvalue weighted by molar-refractivity contribution is 7.16. The smallest absolute Gasteiger partial charge is 0.272 e. The van der Waals surface area contributed by atoms with Crippen molar-refractivity contribution in [3.8, 4) is 0 Å². The molecule has 2 aromatic carbocycles. The van der Waals surface area contributed by atoms with Crippen LogP contribution >= 0.6 is 11.3 Å². The topological polar surface area (TPSA) is 77.5 Å². The fourth-order valence-electron chi connectivity index (χ4n) is 2.44. The third-order valence-corrected chi connectivity index (χ3v) is 4.73. The number of nitrogens with zero attached hydrogens (tertiary/aromatic N) is 3. The molecule has 3 aromatic rings. The summed E-state index contributed by atoms with van der Waals surface area (Å²) in [4.78, 5) is 26.9. The molecule has 27 heavy (non-hydrogen) atoms. The second-order valence-electron chi connectivity index (χ2n) is 5.53. The maximum atomic E-state index is 13.4. The van der Waals surface area contributed by atoms with Gasteiger partial charge >= 0.3 is 0 Å². The van der Waals surface area contributed by atoms with Gasteiger partial charge in [0, 0.05) is 24.8 Å². The van der Waals surface area contributed by atoms with Gasteiger partial charge in [0.15, 0.2) is 4.80 Å². The van der Waals surface area contributed by atoms with Gasteiger partial charge in [-0.25, -0.2) is 4.39 Å². The number of aromatic nitrogens is 1. The Hall–Kier alpha value is -3.39. The molecule has 0 aliphatic heterocycles. The number of thiazole rings is 1. The van der Waals surface area contributed by atoms with Crippen LogP contribution in [0.5, 0.6) is 0 Å². The third kappa shape index (κ3) is 4.24. The number of halogens is 1. The Kier molecular flexibility index (Phi) is 5.37. The quantitative estimate of drug-likeness (QED) is 0.288. The predicted molar refractivity (Wildman–Crippen MR) is 103 cm³/mol. The standard InChI is InChI=1S/C19H14FN3O3S/c1-2-11-22-16-9-6-14(20)12-17(16)27-19(22)21-18(24)10-5-13-3-7-15(8-4-13)23(25)26/h2-10,12H,1,11H2. The molecule has 0 saturated heterocycles. The zero-order chi connectivity index (χ0) is 19.4. The van der Waals surface area contributed by atoms with Gasteiger partial charge in [0.05, 0.1) is 15.1 Å². The highest BCUT2D eigenvalue weighted by Gasteiger charge is 2.07. The Balaban J connectivity index is 1.91. The van der Waals surface area contributed by atoms with Crippen molar-refractivity contribution >= 4 is 39.2 Å². The molecule has 0 aliphatic rings. The number of non-ortho nitro benzene ring substituents is 1. The number of carbonyl (C=O) groups is 1. The molecule has 0 unspecified atom stereocenters. The molecule has 3 rings (SSSR count). The van der Waals surface area contributed by atoms with Gasteiger partial charge in [-0.15, -0.1) is 6.58 Å². The minimum Gasteiger partial charge on any atom is -0.312 e. The summed E-state index contributed by atoms with van der Waals surface area (Å²) >= 11 is 1.21. The molecule has 0 fully saturated rings. The van der Waals surface area contributed by atoms with Crippen molar-refractivity contribution < 1.29 is 14.1 Å². The fourth-order valence-corrected chi connectivity index (χ4v) is 3.51. The lowest BCUT2D eigenvalue weighted by Crippen LogP contribution is -2.15. The van der Waals surface area contributed by atoms with Gasteiger partial charge in [-0.1, -0.05) is 17.4 Å². The number of allylic oxidation sites excluding steroid dienone is 1. The maximum absolute atomic E-state index is 13.4. The Morgan fingerprint density at radius 3 is 2.70 bits per heavy atom. The van der Waals surface area contributed by atoms with Crippen LogP contribution in [0.4, 0.5) is 10.1 Å². The molecule has 6 nitrogen and oxygen atoms in total. The van der Waals surface area contributed by atoms with Gasteiger partial charge in [0.25, 0.3) is 11.6 Å². The number of nitro benzene ring substituents is 1. The van der Waals surface area contributed by atoms with E-state index >= 15 is 0 Å². The van der Waals surface area contributed by atoms with E-state index < -0.39 is 10.8 Å². The van der Waals surface area contributed by atoms with E-state index in [0.717, 1.165) is 5.52 Å². The molecule has 0 saturated carbocycles. The SMILES string of the molecule is C=CCn1c(=NC(=O)C=Cc2ccc([N+](=O)[O-])cc2)sc2cc(F)ccc21. The number of hydrogen-bond acceptors (Lipinski definition) is 4. The summed E-state index contributed by atoms with van der Waals surface area (Å²) < 4.78 is 15.9. The van der Waals surface area contributed by atoms with Crippen LogP contribution in [0.3, 0.4) is 0 Å². The van der Waals surface area contributed by atoms with Crippen LogP contribution in [0.1, 0.15) is 5.56 Å². The Labute approximate surface area is 157 Å². The molecule has 1 aromatic heterocycles. The van der Waals surface area contributed by atoms with Gasteiger partial charge in [-0.05, 0) is 42.0 Å². The summed E-state index contributed by atoms with van der Waals surface area (Å²) in [6.45, 7) is 4.13. The summed E-state index contributed by atoms with van der Waals surface area (Å²) in [6, 6.07) is 10.2. The van der Waals surface area contributed by atoms with Gasteiger partial charge in [0.1, 0.15) is 5.82 Å². The monoisotopic (exact) mass is 383 g/mol. The predicted octanol–water partition coefficient (Wildman–Crippen LogP) is 4.08. The molecule has 1 amide bonds. The molecule has 0 bridgehead atoms. The first kappa shape index (κ1) is 18.4. The molecular weight excluding hydrogens is 369 g/mol. The van der Waals surface area contributed by atoms with Crippen molar-refractivity contribution in [2.24, 2.45) is 4.99 Å². The molecule has 1 heterocycles. The minimum absolute atomic E-state index is 0.0221. The highest BCUT2D eigenvalue weighted by atomic mass is 32.1. The molecule has 0 atom stereocenters. The van der Waals surface area contributed by atoms with Crippen LogP contribution in [0.15, 0.2) is 66.2 Å². The van der Waals surface area contributed by atoms with Crippen LogP contribution in [-0.4, -0.2) is 15.4 Å². The van der Waals surface area contributed by atoms with E-state index in [0.29, 0.717) is 21.6 Å². The van der Waals surface area contributed by atoms with Gasteiger partial charge < -0.3 is 4.57 Å². The van der Waals surface area contributed by atoms with Crippen molar-refractivity contribution in [1.29, 1.82) is 0 Å². The molecule has 0 aliphatic carbocycles. The van der Waals surface area contributed by atoms with Crippen LogP contribution in [0.25, 0.3) is 16.3 Å². The van der Waals surface area contributed by atoms with E-state index in [1.807, 2.05) is 0 Å². The zero-order valence-electron chi connectivity index (χ0n) is 14.0. The van der Waals surface area contributed by atoms with Crippen molar-refractivity contribution in [1.82, 2.24) is 4.57 Å². The average Bonchev–Trinajstić information content (AvgIpc) is 2.97. The molecule has 0 N–H and O–H groups in total. The number of nitro groups is 1. The first-order valence-electron chi connectivity index (χ1n) is 7.89. The van der Waals surface area contributed by atoms with Crippen molar-refractivity contribution in [3.63, 3.8) is 0 Å². The molecular formula is C19H14FN3O3S. The van der Waals surface area contributed by atoms with Gasteiger partial charge in [-0.2, -0.15) is 4.99 Å². The van der Waals surface area contributed by atoms with E-state index in [-0.39, 0.29) is 11.5 Å². The number of benzene rings is 2. The van der Waals surface area contributed by atoms with Crippen LogP contribution in [-0.2, 0) is 11.3 Å². The first-order chi connectivity index (χ1) is 13.0. The number of amides is 1. The molecule has 0 radical (unpaired) electrons. The van der Waals surface area contributed by atoms with E-state index in [4.69, 9.17) is 0 Å². The normalized spacial score (nSPS) is 12.0. The molecule has 136 valence electrons. The second kappa shape index (κ2) is 7.88. The van der Waals surface area contributed by atoms with Gasteiger partial charge in [-0.3, -0.25) is 14.9 Å². The largest absolute Gasteiger partial charge is 0.312 e. The zero-order valence-corrected chi connectivity index (χ0v) is 14.9. The number of hydrogen-bond donors (Lipinski definition) is 0.